The standard InChI is InChI=1S/C37H44Cl2F3N5O2/c1-5-49-32-24-27(37(40,41)42)10-15-31(32)33-43-35(2,25-6-11-28(38)12-7-25)36(3,26-8-13-29(39)14-9-26)47(33)34(48)46-18-16-30(17-19-46)45-22-20-44(4)21-23-45/h6-15,24,30,34,48H,5,16-23H2,1-4H3/t34?,35-,36+/m0/s1. The number of hydrogen-bond acceptors (Lipinski definition) is 7. The molecule has 0 aliphatic carbocycles. The number of aliphatic hydroxyl groups is 1. The van der Waals surface area contributed by atoms with Crippen LogP contribution in [0.5, 0.6) is 5.75 Å². The molecule has 3 atom stereocenters. The molecule has 3 aliphatic rings. The van der Waals surface area contributed by atoms with Crippen LogP contribution in [0.1, 0.15) is 55.9 Å². The molecule has 3 aromatic rings. The second-order valence-corrected chi connectivity index (χ2v) is 14.4. The maximum Gasteiger partial charge on any atom is 0.416 e. The topological polar surface area (TPSA) is 54.8 Å². The minimum absolute atomic E-state index is 0.0425. The van der Waals surface area contributed by atoms with Crippen LogP contribution in [0.25, 0.3) is 0 Å². The third kappa shape index (κ3) is 6.80. The number of aliphatic imine (C=N–C) groups is 1. The van der Waals surface area contributed by atoms with Crippen LogP contribution in [0.4, 0.5) is 13.2 Å². The number of rotatable bonds is 8. The Kier molecular flexibility index (Phi) is 10.3. The lowest BCUT2D eigenvalue weighted by Gasteiger charge is -2.51. The van der Waals surface area contributed by atoms with E-state index in [2.05, 4.69) is 16.8 Å². The van der Waals surface area contributed by atoms with Crippen LogP contribution in [0.2, 0.25) is 10.0 Å². The van der Waals surface area contributed by atoms with Crippen LogP contribution >= 0.6 is 23.2 Å². The van der Waals surface area contributed by atoms with Crippen molar-refractivity contribution in [1.82, 2.24) is 19.6 Å². The zero-order chi connectivity index (χ0) is 35.1. The Morgan fingerprint density at radius 2 is 1.45 bits per heavy atom. The molecular weight excluding hydrogens is 674 g/mol. The number of nitrogens with zero attached hydrogens (tertiary/aromatic N) is 5. The van der Waals surface area contributed by atoms with Gasteiger partial charge < -0.3 is 19.6 Å². The van der Waals surface area contributed by atoms with Gasteiger partial charge >= 0.3 is 6.18 Å². The third-order valence-corrected chi connectivity index (χ3v) is 11.3. The van der Waals surface area contributed by atoms with E-state index >= 15 is 0 Å². The maximum atomic E-state index is 13.9. The Morgan fingerprint density at radius 3 is 2.00 bits per heavy atom. The molecule has 12 heteroatoms. The van der Waals surface area contributed by atoms with Gasteiger partial charge in [-0.3, -0.25) is 14.8 Å². The van der Waals surface area contributed by atoms with Gasteiger partial charge in [-0.15, -0.1) is 0 Å². The summed E-state index contributed by atoms with van der Waals surface area (Å²) in [6.45, 7) is 11.3. The van der Waals surface area contributed by atoms with E-state index in [4.69, 9.17) is 32.9 Å². The van der Waals surface area contributed by atoms with E-state index in [1.165, 1.54) is 6.07 Å². The van der Waals surface area contributed by atoms with Gasteiger partial charge in [0.25, 0.3) is 0 Å². The summed E-state index contributed by atoms with van der Waals surface area (Å²) in [5, 5.41) is 13.7. The van der Waals surface area contributed by atoms with E-state index in [1.807, 2.05) is 47.9 Å². The van der Waals surface area contributed by atoms with Gasteiger partial charge in [-0.1, -0.05) is 47.5 Å². The first kappa shape index (κ1) is 35.9. The van der Waals surface area contributed by atoms with Gasteiger partial charge in [-0.2, -0.15) is 13.2 Å². The largest absolute Gasteiger partial charge is 0.493 e. The highest BCUT2D eigenvalue weighted by Gasteiger charge is 2.60. The van der Waals surface area contributed by atoms with Gasteiger partial charge in [0, 0.05) is 55.4 Å². The Labute approximate surface area is 296 Å². The predicted octanol–water partition coefficient (Wildman–Crippen LogP) is 7.29. The lowest BCUT2D eigenvalue weighted by molar-refractivity contribution is -0.138. The smallest absolute Gasteiger partial charge is 0.416 e. The Morgan fingerprint density at radius 1 is 0.878 bits per heavy atom. The summed E-state index contributed by atoms with van der Waals surface area (Å²) in [6.07, 6.45) is -3.96. The summed E-state index contributed by atoms with van der Waals surface area (Å²) in [7, 11) is 2.15. The SMILES string of the molecule is CCOc1cc(C(F)(F)F)ccc1C1=N[C@@](C)(c2ccc(Cl)cc2)[C@@](C)(c2ccc(Cl)cc2)N1C(O)N1CCC(N2CCN(C)CC2)CC1. The van der Waals surface area contributed by atoms with Crippen molar-refractivity contribution in [2.45, 2.75) is 63.3 Å². The predicted molar refractivity (Wildman–Crippen MR) is 188 cm³/mol. The Balaban J connectivity index is 1.48. The van der Waals surface area contributed by atoms with E-state index in [1.54, 1.807) is 31.2 Å². The molecule has 3 aromatic carbocycles. The monoisotopic (exact) mass is 717 g/mol. The van der Waals surface area contributed by atoms with Crippen LogP contribution < -0.4 is 4.74 Å². The minimum Gasteiger partial charge on any atom is -0.493 e. The zero-order valence-corrected chi connectivity index (χ0v) is 29.9. The second-order valence-electron chi connectivity index (χ2n) is 13.6. The van der Waals surface area contributed by atoms with Gasteiger partial charge in [0.05, 0.1) is 23.3 Å². The third-order valence-electron chi connectivity index (χ3n) is 10.8. The first-order chi connectivity index (χ1) is 23.3. The molecule has 0 spiro atoms. The van der Waals surface area contributed by atoms with Gasteiger partial charge in [0.15, 0.2) is 6.35 Å². The molecule has 1 N–H and O–H groups in total. The van der Waals surface area contributed by atoms with Gasteiger partial charge in [0.2, 0.25) is 0 Å². The molecular formula is C37H44Cl2F3N5O2. The molecule has 3 heterocycles. The quantitative estimate of drug-likeness (QED) is 0.264. The highest BCUT2D eigenvalue weighted by Crippen LogP contribution is 2.54. The highest BCUT2D eigenvalue weighted by molar-refractivity contribution is 6.30. The Bertz CT molecular complexity index is 1640. The molecule has 0 bridgehead atoms. The van der Waals surface area contributed by atoms with Crippen molar-refractivity contribution in [1.29, 1.82) is 0 Å². The van der Waals surface area contributed by atoms with Crippen LogP contribution in [0.15, 0.2) is 71.7 Å². The first-order valence-electron chi connectivity index (χ1n) is 16.9. The molecule has 3 aliphatic heterocycles. The summed E-state index contributed by atoms with van der Waals surface area (Å²) in [5.41, 5.74) is -0.923. The van der Waals surface area contributed by atoms with E-state index < -0.39 is 29.2 Å². The molecule has 1 unspecified atom stereocenters. The van der Waals surface area contributed by atoms with E-state index in [-0.39, 0.29) is 12.4 Å². The molecule has 0 radical (unpaired) electrons. The van der Waals surface area contributed by atoms with Gasteiger partial charge in [-0.25, -0.2) is 0 Å². The van der Waals surface area contributed by atoms with Crippen molar-refractivity contribution in [3.8, 4) is 5.75 Å². The molecule has 6 rings (SSSR count). The van der Waals surface area contributed by atoms with Crippen molar-refractivity contribution in [3.63, 3.8) is 0 Å². The number of amidine groups is 1. The average Bonchev–Trinajstić information content (AvgIpc) is 3.33. The fourth-order valence-corrected chi connectivity index (χ4v) is 7.91. The van der Waals surface area contributed by atoms with Crippen LogP contribution in [-0.4, -0.2) is 95.9 Å². The summed E-state index contributed by atoms with van der Waals surface area (Å²) in [4.78, 5) is 14.2. The molecule has 0 amide bonds. The number of halogens is 5. The van der Waals surface area contributed by atoms with Crippen LogP contribution in [0, 0.1) is 0 Å². The first-order valence-corrected chi connectivity index (χ1v) is 17.6. The summed E-state index contributed by atoms with van der Waals surface area (Å²) >= 11 is 12.7. The normalized spacial score (nSPS) is 25.4. The van der Waals surface area contributed by atoms with E-state index in [0.717, 1.165) is 62.3 Å². The molecule has 2 saturated heterocycles. The lowest BCUT2D eigenvalue weighted by Crippen LogP contribution is -2.62. The summed E-state index contributed by atoms with van der Waals surface area (Å²) in [5.74, 6) is 0.377. The second kappa shape index (κ2) is 14.0. The summed E-state index contributed by atoms with van der Waals surface area (Å²) < 4.78 is 47.7. The number of benzene rings is 3. The fraction of sp³-hybridized carbons (Fsp3) is 0.486. The zero-order valence-electron chi connectivity index (χ0n) is 28.4. The van der Waals surface area contributed by atoms with E-state index in [0.29, 0.717) is 40.6 Å². The fourth-order valence-electron chi connectivity index (χ4n) is 7.66. The van der Waals surface area contributed by atoms with Crippen molar-refractivity contribution >= 4 is 29.0 Å². The number of alkyl halides is 3. The highest BCUT2D eigenvalue weighted by atomic mass is 35.5. The lowest BCUT2D eigenvalue weighted by atomic mass is 9.71. The maximum absolute atomic E-state index is 13.9. The number of piperazine rings is 1. The summed E-state index contributed by atoms with van der Waals surface area (Å²) in [6, 6.07) is 18.8. The number of ether oxygens (including phenoxy) is 1. The Hall–Kier alpha value is -2.86. The number of likely N-dealkylation sites (tertiary alicyclic amines) is 1. The molecule has 49 heavy (non-hydrogen) atoms. The molecule has 2 fully saturated rings. The van der Waals surface area contributed by atoms with Gasteiger partial charge in [-0.05, 0) is 94.3 Å². The minimum atomic E-state index is -4.56. The molecule has 0 saturated carbocycles. The van der Waals surface area contributed by atoms with Crippen molar-refractivity contribution in [2.24, 2.45) is 4.99 Å². The van der Waals surface area contributed by atoms with Crippen LogP contribution in [-0.2, 0) is 17.3 Å². The molecule has 264 valence electrons. The number of aliphatic hydroxyl groups excluding tert-OH is 1. The number of likely N-dealkylation sites (N-methyl/N-ethyl adjacent to an activating group) is 1. The van der Waals surface area contributed by atoms with Crippen molar-refractivity contribution in [2.75, 3.05) is 52.9 Å². The van der Waals surface area contributed by atoms with Crippen molar-refractivity contribution in [3.05, 3.63) is 99.0 Å². The number of hydrogen-bond donors (Lipinski definition) is 1. The van der Waals surface area contributed by atoms with E-state index in [9.17, 15) is 18.3 Å². The average molecular weight is 719 g/mol. The van der Waals surface area contributed by atoms with Crippen LogP contribution in [0.3, 0.4) is 0 Å². The molecule has 0 aromatic heterocycles. The van der Waals surface area contributed by atoms with Gasteiger partial charge in [0.1, 0.15) is 17.1 Å². The van der Waals surface area contributed by atoms with Crippen molar-refractivity contribution < 1.29 is 23.0 Å². The number of piperidine rings is 1. The molecule has 7 nitrogen and oxygen atoms in total.